The van der Waals surface area contributed by atoms with Gasteiger partial charge in [0.05, 0.1) is 52.9 Å². The van der Waals surface area contributed by atoms with Gasteiger partial charge in [-0.25, -0.2) is 0 Å². The van der Waals surface area contributed by atoms with Crippen molar-refractivity contribution in [2.24, 2.45) is 0 Å². The van der Waals surface area contributed by atoms with Crippen molar-refractivity contribution in [1.29, 1.82) is 0 Å². The fourth-order valence-corrected chi connectivity index (χ4v) is 1.26. The van der Waals surface area contributed by atoms with Crippen LogP contribution in [0.4, 0.5) is 0 Å². The standard InChI is InChI=1S/2C4H9NO.C4H10O3/c2*1-3-6-4-2-5-1;5-1-3-7-4-2-6/h2*5H,1-4H2;5-6H,1-4H2. The summed E-state index contributed by atoms with van der Waals surface area (Å²) in [5, 5.41) is 22.5. The first-order valence-electron chi connectivity index (χ1n) is 6.78. The van der Waals surface area contributed by atoms with E-state index >= 15 is 0 Å². The van der Waals surface area contributed by atoms with Crippen molar-refractivity contribution in [2.75, 3.05) is 79.0 Å². The van der Waals surface area contributed by atoms with E-state index in [0.717, 1.165) is 52.6 Å². The highest BCUT2D eigenvalue weighted by molar-refractivity contribution is 4.50. The monoisotopic (exact) mass is 280 g/mol. The van der Waals surface area contributed by atoms with Crippen LogP contribution >= 0.6 is 0 Å². The van der Waals surface area contributed by atoms with Gasteiger partial charge in [0.2, 0.25) is 0 Å². The smallest absolute Gasteiger partial charge is 0.0698 e. The van der Waals surface area contributed by atoms with Gasteiger partial charge in [0.1, 0.15) is 0 Å². The van der Waals surface area contributed by atoms with Gasteiger partial charge in [-0.1, -0.05) is 0 Å². The Kier molecular flexibility index (Phi) is 17.5. The summed E-state index contributed by atoms with van der Waals surface area (Å²) in [7, 11) is 0. The zero-order chi connectivity index (χ0) is 14.0. The van der Waals surface area contributed by atoms with E-state index in [1.807, 2.05) is 0 Å². The summed E-state index contributed by atoms with van der Waals surface area (Å²) in [5.41, 5.74) is 0. The van der Waals surface area contributed by atoms with Crippen molar-refractivity contribution < 1.29 is 24.4 Å². The summed E-state index contributed by atoms with van der Waals surface area (Å²) in [6.45, 7) is 8.36. The molecule has 0 bridgehead atoms. The van der Waals surface area contributed by atoms with Gasteiger partial charge >= 0.3 is 0 Å². The largest absolute Gasteiger partial charge is 0.394 e. The lowest BCUT2D eigenvalue weighted by Gasteiger charge is -2.10. The molecule has 0 radical (unpaired) electrons. The van der Waals surface area contributed by atoms with Crippen LogP contribution in [-0.4, -0.2) is 89.2 Å². The van der Waals surface area contributed by atoms with Gasteiger partial charge in [-0.05, 0) is 0 Å². The van der Waals surface area contributed by atoms with Gasteiger partial charge < -0.3 is 35.1 Å². The Balaban J connectivity index is 0.000000256. The Morgan fingerprint density at radius 1 is 0.737 bits per heavy atom. The van der Waals surface area contributed by atoms with Crippen LogP contribution in [0.25, 0.3) is 0 Å². The predicted molar refractivity (Wildman–Crippen MR) is 72.4 cm³/mol. The molecule has 2 rings (SSSR count). The zero-order valence-corrected chi connectivity index (χ0v) is 11.6. The molecule has 2 saturated heterocycles. The Morgan fingerprint density at radius 3 is 1.26 bits per heavy atom. The molecule has 0 spiro atoms. The second-order valence-corrected chi connectivity index (χ2v) is 3.78. The molecule has 116 valence electrons. The molecule has 4 N–H and O–H groups in total. The molecule has 19 heavy (non-hydrogen) atoms. The molecule has 0 amide bonds. The minimum Gasteiger partial charge on any atom is -0.394 e. The average molecular weight is 280 g/mol. The Labute approximate surface area is 115 Å². The number of aliphatic hydroxyl groups is 2. The van der Waals surface area contributed by atoms with E-state index in [2.05, 4.69) is 15.4 Å². The zero-order valence-electron chi connectivity index (χ0n) is 11.6. The molecular weight excluding hydrogens is 252 g/mol. The number of hydrogen-bond acceptors (Lipinski definition) is 7. The minimum absolute atomic E-state index is 0.0278. The normalized spacial score (nSPS) is 18.6. The van der Waals surface area contributed by atoms with Crippen molar-refractivity contribution in [3.63, 3.8) is 0 Å². The maximum atomic E-state index is 8.09. The molecule has 7 nitrogen and oxygen atoms in total. The van der Waals surface area contributed by atoms with Crippen LogP contribution in [0.2, 0.25) is 0 Å². The first-order valence-corrected chi connectivity index (χ1v) is 6.78. The van der Waals surface area contributed by atoms with E-state index < -0.39 is 0 Å². The molecule has 0 aromatic rings. The van der Waals surface area contributed by atoms with Crippen LogP contribution in [0.5, 0.6) is 0 Å². The Hall–Kier alpha value is -0.280. The molecule has 2 aliphatic heterocycles. The Morgan fingerprint density at radius 2 is 1.11 bits per heavy atom. The average Bonchev–Trinajstić information content (AvgIpc) is 2.53. The molecule has 0 saturated carbocycles. The molecule has 0 aliphatic carbocycles. The summed E-state index contributed by atoms with van der Waals surface area (Å²) in [5.74, 6) is 0. The molecule has 0 aromatic carbocycles. The van der Waals surface area contributed by atoms with E-state index in [-0.39, 0.29) is 13.2 Å². The highest BCUT2D eigenvalue weighted by Gasteiger charge is 1.93. The SMILES string of the molecule is C1COCCN1.C1COCCN1.OCCOCCO. The topological polar surface area (TPSA) is 92.2 Å². The first kappa shape index (κ1) is 18.7. The van der Waals surface area contributed by atoms with Crippen LogP contribution in [-0.2, 0) is 14.2 Å². The number of ether oxygens (including phenoxy) is 3. The van der Waals surface area contributed by atoms with E-state index in [1.54, 1.807) is 0 Å². The number of hydrogen-bond donors (Lipinski definition) is 4. The fraction of sp³-hybridized carbons (Fsp3) is 1.00. The predicted octanol–water partition coefficient (Wildman–Crippen LogP) is -1.80. The molecule has 0 aromatic heterocycles. The molecule has 0 atom stereocenters. The number of aliphatic hydroxyl groups excluding tert-OH is 2. The van der Waals surface area contributed by atoms with E-state index in [1.165, 1.54) is 0 Å². The molecule has 7 heteroatoms. The second-order valence-electron chi connectivity index (χ2n) is 3.78. The molecule has 2 aliphatic rings. The van der Waals surface area contributed by atoms with Gasteiger partial charge in [-0.2, -0.15) is 0 Å². The van der Waals surface area contributed by atoms with Crippen LogP contribution in [0.3, 0.4) is 0 Å². The van der Waals surface area contributed by atoms with Crippen molar-refractivity contribution in [3.05, 3.63) is 0 Å². The molecule has 2 fully saturated rings. The third-order valence-corrected chi connectivity index (χ3v) is 2.16. The summed E-state index contributed by atoms with van der Waals surface area (Å²) in [6.07, 6.45) is 0. The van der Waals surface area contributed by atoms with Crippen LogP contribution in [0, 0.1) is 0 Å². The Bertz CT molecular complexity index is 116. The highest BCUT2D eigenvalue weighted by atomic mass is 16.5. The lowest BCUT2D eigenvalue weighted by molar-refractivity contribution is 0.0650. The first-order chi connectivity index (χ1) is 9.41. The van der Waals surface area contributed by atoms with Crippen LogP contribution < -0.4 is 10.6 Å². The second kappa shape index (κ2) is 17.7. The van der Waals surface area contributed by atoms with Crippen molar-refractivity contribution in [3.8, 4) is 0 Å². The molecule has 2 heterocycles. The van der Waals surface area contributed by atoms with Gasteiger partial charge in [-0.3, -0.25) is 0 Å². The van der Waals surface area contributed by atoms with Crippen molar-refractivity contribution in [1.82, 2.24) is 10.6 Å². The highest BCUT2D eigenvalue weighted by Crippen LogP contribution is 1.77. The third kappa shape index (κ3) is 17.7. The van der Waals surface area contributed by atoms with Gasteiger partial charge in [-0.15, -0.1) is 0 Å². The van der Waals surface area contributed by atoms with Gasteiger partial charge in [0.15, 0.2) is 0 Å². The fourth-order valence-electron chi connectivity index (χ4n) is 1.26. The summed E-state index contributed by atoms with van der Waals surface area (Å²) in [4.78, 5) is 0. The van der Waals surface area contributed by atoms with Gasteiger partial charge in [0, 0.05) is 26.2 Å². The summed E-state index contributed by atoms with van der Waals surface area (Å²) >= 11 is 0. The van der Waals surface area contributed by atoms with Crippen LogP contribution in [0.1, 0.15) is 0 Å². The quantitative estimate of drug-likeness (QED) is 0.452. The van der Waals surface area contributed by atoms with E-state index in [0.29, 0.717) is 13.2 Å². The van der Waals surface area contributed by atoms with E-state index in [4.69, 9.17) is 19.7 Å². The summed E-state index contributed by atoms with van der Waals surface area (Å²) in [6, 6.07) is 0. The number of morpholine rings is 2. The van der Waals surface area contributed by atoms with Crippen molar-refractivity contribution in [2.45, 2.75) is 0 Å². The summed E-state index contributed by atoms with van der Waals surface area (Å²) < 4.78 is 14.6. The van der Waals surface area contributed by atoms with E-state index in [9.17, 15) is 0 Å². The van der Waals surface area contributed by atoms with Gasteiger partial charge in [0.25, 0.3) is 0 Å². The maximum absolute atomic E-state index is 8.09. The lowest BCUT2D eigenvalue weighted by Crippen LogP contribution is -2.30. The number of rotatable bonds is 4. The van der Waals surface area contributed by atoms with Crippen LogP contribution in [0.15, 0.2) is 0 Å². The minimum atomic E-state index is 0.0278. The third-order valence-electron chi connectivity index (χ3n) is 2.16. The molecular formula is C12H28N2O5. The lowest BCUT2D eigenvalue weighted by atomic mass is 10.5. The number of nitrogens with one attached hydrogen (secondary N) is 2. The van der Waals surface area contributed by atoms with Crippen molar-refractivity contribution >= 4 is 0 Å². The maximum Gasteiger partial charge on any atom is 0.0698 e. The molecule has 0 unspecified atom stereocenters.